The van der Waals surface area contributed by atoms with E-state index >= 15 is 0 Å². The number of primary sulfonamides is 1. The molecule has 25 heavy (non-hydrogen) atoms. The molecule has 2 N–H and O–H groups in total. The first-order valence-corrected chi connectivity index (χ1v) is 10.7. The van der Waals surface area contributed by atoms with E-state index in [-0.39, 0.29) is 19.8 Å². The standard InChI is InChI=1S/C15H16Cl2N2O4S2/c1-10(11-3-6-13(7-4-11)24(18,20)21)19(2)25(22,23)15-9-12(16)5-8-14(15)17/h3-10H,1-2H3,(H2,18,20,21). The smallest absolute Gasteiger partial charge is 0.225 e. The molecule has 2 aromatic carbocycles. The van der Waals surface area contributed by atoms with Gasteiger partial charge in [0, 0.05) is 18.1 Å². The van der Waals surface area contributed by atoms with E-state index in [0.29, 0.717) is 5.56 Å². The highest BCUT2D eigenvalue weighted by Gasteiger charge is 2.28. The molecule has 0 radical (unpaired) electrons. The van der Waals surface area contributed by atoms with Gasteiger partial charge < -0.3 is 0 Å². The maximum atomic E-state index is 12.8. The van der Waals surface area contributed by atoms with Gasteiger partial charge in [-0.25, -0.2) is 22.0 Å². The maximum Gasteiger partial charge on any atom is 0.244 e. The van der Waals surface area contributed by atoms with Crippen molar-refractivity contribution in [1.29, 1.82) is 0 Å². The molecule has 136 valence electrons. The molecule has 10 heteroatoms. The molecule has 0 aliphatic rings. The van der Waals surface area contributed by atoms with Gasteiger partial charge in [-0.1, -0.05) is 35.3 Å². The van der Waals surface area contributed by atoms with Crippen molar-refractivity contribution >= 4 is 43.2 Å². The van der Waals surface area contributed by atoms with Crippen molar-refractivity contribution in [3.05, 3.63) is 58.1 Å². The van der Waals surface area contributed by atoms with Crippen LogP contribution in [0.2, 0.25) is 10.0 Å². The zero-order valence-corrected chi connectivity index (χ0v) is 16.5. The second-order valence-corrected chi connectivity index (χ2v) is 9.76. The Morgan fingerprint density at radius 1 is 1.00 bits per heavy atom. The Morgan fingerprint density at radius 3 is 2.08 bits per heavy atom. The largest absolute Gasteiger partial charge is 0.244 e. The lowest BCUT2D eigenvalue weighted by atomic mass is 10.1. The fourth-order valence-corrected chi connectivity index (χ4v) is 4.79. The summed E-state index contributed by atoms with van der Waals surface area (Å²) in [5.41, 5.74) is 0.594. The van der Waals surface area contributed by atoms with Crippen LogP contribution in [-0.2, 0) is 20.0 Å². The Hall–Kier alpha value is -1.16. The minimum Gasteiger partial charge on any atom is -0.225 e. The molecular formula is C15H16Cl2N2O4S2. The third-order valence-corrected chi connectivity index (χ3v) is 7.36. The third-order valence-electron chi connectivity index (χ3n) is 3.79. The van der Waals surface area contributed by atoms with Crippen LogP contribution in [0.15, 0.2) is 52.3 Å². The molecule has 0 aliphatic carbocycles. The lowest BCUT2D eigenvalue weighted by molar-refractivity contribution is 0.398. The average molecular weight is 423 g/mol. The summed E-state index contributed by atoms with van der Waals surface area (Å²) in [7, 11) is -6.31. The summed E-state index contributed by atoms with van der Waals surface area (Å²) in [6.07, 6.45) is 0. The van der Waals surface area contributed by atoms with Gasteiger partial charge in [-0.3, -0.25) is 0 Å². The minimum atomic E-state index is -3.90. The maximum absolute atomic E-state index is 12.8. The van der Waals surface area contributed by atoms with Crippen LogP contribution in [0.3, 0.4) is 0 Å². The Bertz CT molecular complexity index is 991. The van der Waals surface area contributed by atoms with Crippen LogP contribution in [0.5, 0.6) is 0 Å². The van der Waals surface area contributed by atoms with Gasteiger partial charge in [-0.15, -0.1) is 0 Å². The first-order valence-electron chi connectivity index (χ1n) is 7.00. The number of halogens is 2. The van der Waals surface area contributed by atoms with Crippen LogP contribution in [0.4, 0.5) is 0 Å². The van der Waals surface area contributed by atoms with E-state index in [0.717, 1.165) is 4.31 Å². The first-order chi connectivity index (χ1) is 11.4. The van der Waals surface area contributed by atoms with Crippen molar-refractivity contribution in [2.45, 2.75) is 22.8 Å². The Kier molecular flexibility index (Phi) is 5.82. The van der Waals surface area contributed by atoms with E-state index in [4.69, 9.17) is 28.3 Å². The van der Waals surface area contributed by atoms with Gasteiger partial charge in [-0.05, 0) is 42.8 Å². The Morgan fingerprint density at radius 2 is 1.56 bits per heavy atom. The third kappa shape index (κ3) is 4.33. The molecule has 0 amide bonds. The molecule has 2 aromatic rings. The number of rotatable bonds is 5. The number of sulfonamides is 2. The van der Waals surface area contributed by atoms with E-state index in [2.05, 4.69) is 0 Å². The van der Waals surface area contributed by atoms with Crippen molar-refractivity contribution in [3.63, 3.8) is 0 Å². The number of hydrogen-bond acceptors (Lipinski definition) is 4. The monoisotopic (exact) mass is 422 g/mol. The summed E-state index contributed by atoms with van der Waals surface area (Å²) in [6.45, 7) is 1.67. The van der Waals surface area contributed by atoms with Gasteiger partial charge >= 0.3 is 0 Å². The van der Waals surface area contributed by atoms with Crippen LogP contribution in [-0.4, -0.2) is 28.2 Å². The van der Waals surface area contributed by atoms with Crippen LogP contribution in [0.25, 0.3) is 0 Å². The fourth-order valence-electron chi connectivity index (χ4n) is 2.18. The summed E-state index contributed by atoms with van der Waals surface area (Å²) < 4.78 is 49.4. The molecular weight excluding hydrogens is 407 g/mol. The highest BCUT2D eigenvalue weighted by atomic mass is 35.5. The second kappa shape index (κ2) is 7.22. The molecule has 2 rings (SSSR count). The summed E-state index contributed by atoms with van der Waals surface area (Å²) >= 11 is 11.9. The average Bonchev–Trinajstić information content (AvgIpc) is 2.54. The highest BCUT2D eigenvalue weighted by Crippen LogP contribution is 2.31. The molecule has 0 spiro atoms. The molecule has 1 atom stereocenters. The normalized spacial score (nSPS) is 13.8. The molecule has 0 aromatic heterocycles. The summed E-state index contributed by atoms with van der Waals surface area (Å²) in [4.78, 5) is -0.149. The second-order valence-electron chi connectivity index (χ2n) is 5.39. The van der Waals surface area contributed by atoms with Gasteiger partial charge in [0.2, 0.25) is 20.0 Å². The first kappa shape index (κ1) is 20.2. The van der Waals surface area contributed by atoms with E-state index in [1.165, 1.54) is 49.5 Å². The van der Waals surface area contributed by atoms with Crippen LogP contribution in [0.1, 0.15) is 18.5 Å². The molecule has 0 bridgehead atoms. The van der Waals surface area contributed by atoms with Gasteiger partial charge in [0.05, 0.1) is 9.92 Å². The van der Waals surface area contributed by atoms with Gasteiger partial charge in [0.25, 0.3) is 0 Å². The Labute approximate surface area is 157 Å². The van der Waals surface area contributed by atoms with Crippen molar-refractivity contribution in [2.75, 3.05) is 7.05 Å². The number of nitrogens with zero attached hydrogens (tertiary/aromatic N) is 1. The van der Waals surface area contributed by atoms with Gasteiger partial charge in [0.15, 0.2) is 0 Å². The summed E-state index contributed by atoms with van der Waals surface area (Å²) in [5.74, 6) is 0. The number of benzene rings is 2. The molecule has 0 fully saturated rings. The van der Waals surface area contributed by atoms with Crippen molar-refractivity contribution in [3.8, 4) is 0 Å². The molecule has 0 aliphatic heterocycles. The molecule has 0 saturated heterocycles. The van der Waals surface area contributed by atoms with Crippen LogP contribution >= 0.6 is 23.2 Å². The van der Waals surface area contributed by atoms with E-state index in [1.54, 1.807) is 6.92 Å². The number of hydrogen-bond donors (Lipinski definition) is 1. The van der Waals surface area contributed by atoms with Gasteiger partial charge in [0.1, 0.15) is 4.90 Å². The van der Waals surface area contributed by atoms with Crippen LogP contribution in [0, 0.1) is 0 Å². The van der Waals surface area contributed by atoms with Crippen molar-refractivity contribution in [2.24, 2.45) is 5.14 Å². The summed E-state index contributed by atoms with van der Waals surface area (Å²) in [5, 5.41) is 5.37. The predicted molar refractivity (Wildman–Crippen MR) is 97.6 cm³/mol. The quantitative estimate of drug-likeness (QED) is 0.800. The highest BCUT2D eigenvalue weighted by molar-refractivity contribution is 7.89. The van der Waals surface area contributed by atoms with Crippen molar-refractivity contribution in [1.82, 2.24) is 4.31 Å². The molecule has 6 nitrogen and oxygen atoms in total. The lowest BCUT2D eigenvalue weighted by Gasteiger charge is -2.25. The van der Waals surface area contributed by atoms with E-state index in [9.17, 15) is 16.8 Å². The molecule has 0 heterocycles. The lowest BCUT2D eigenvalue weighted by Crippen LogP contribution is -2.30. The topological polar surface area (TPSA) is 97.5 Å². The Balaban J connectivity index is 2.38. The number of nitrogens with two attached hydrogens (primary N) is 1. The minimum absolute atomic E-state index is 0.0492. The zero-order valence-electron chi connectivity index (χ0n) is 13.3. The van der Waals surface area contributed by atoms with E-state index in [1.807, 2.05) is 0 Å². The molecule has 0 saturated carbocycles. The fraction of sp³-hybridized carbons (Fsp3) is 0.200. The van der Waals surface area contributed by atoms with Crippen LogP contribution < -0.4 is 5.14 Å². The van der Waals surface area contributed by atoms with Crippen molar-refractivity contribution < 1.29 is 16.8 Å². The SMILES string of the molecule is CC(c1ccc(S(N)(=O)=O)cc1)N(C)S(=O)(=O)c1cc(Cl)ccc1Cl. The molecule has 1 unspecified atom stereocenters. The van der Waals surface area contributed by atoms with E-state index < -0.39 is 26.1 Å². The van der Waals surface area contributed by atoms with Gasteiger partial charge in [-0.2, -0.15) is 4.31 Å². The predicted octanol–water partition coefficient (Wildman–Crippen LogP) is 3.02. The summed E-state index contributed by atoms with van der Waals surface area (Å²) in [6, 6.07) is 9.30. The zero-order chi connectivity index (χ0) is 19.0.